The zero-order valence-corrected chi connectivity index (χ0v) is 19.4. The van der Waals surface area contributed by atoms with E-state index in [9.17, 15) is 9.59 Å². The molecule has 5 rings (SSSR count). The molecule has 1 aliphatic heterocycles. The highest BCUT2D eigenvalue weighted by Crippen LogP contribution is 2.27. The number of hydrogen-bond donors (Lipinski definition) is 0. The van der Waals surface area contributed by atoms with Gasteiger partial charge in [0.05, 0.1) is 11.4 Å². The molecule has 0 fully saturated rings. The number of hydrogen-bond acceptors (Lipinski definition) is 5. The number of fused-ring (bicyclic) bond motifs is 1. The summed E-state index contributed by atoms with van der Waals surface area (Å²) in [6.45, 7) is 0.848. The van der Waals surface area contributed by atoms with Crippen LogP contribution in [-0.2, 0) is 13.1 Å². The summed E-state index contributed by atoms with van der Waals surface area (Å²) in [6.07, 6.45) is 3.30. The maximum Gasteiger partial charge on any atom is 0.267 e. The standard InChI is InChI=1S/C24H20ClN5O2S/c1-28(22(31)20-13-26-24-29(23(20)32)11-12-33-24)14-17-15-30(19-5-3-2-4-6-19)27-21(17)16-7-9-18(25)10-8-16/h2-10,13,15H,11-12,14H2,1H3. The van der Waals surface area contributed by atoms with Gasteiger partial charge in [-0.25, -0.2) is 9.67 Å². The summed E-state index contributed by atoms with van der Waals surface area (Å²) in [5.74, 6) is 0.424. The van der Waals surface area contributed by atoms with E-state index in [0.29, 0.717) is 16.7 Å². The summed E-state index contributed by atoms with van der Waals surface area (Å²) in [5, 5.41) is 6.08. The van der Waals surface area contributed by atoms with Crippen molar-refractivity contribution in [1.29, 1.82) is 0 Å². The van der Waals surface area contributed by atoms with Crippen LogP contribution in [0.2, 0.25) is 5.02 Å². The Morgan fingerprint density at radius 1 is 1.15 bits per heavy atom. The smallest absolute Gasteiger partial charge is 0.267 e. The zero-order valence-electron chi connectivity index (χ0n) is 17.8. The van der Waals surface area contributed by atoms with Crippen molar-refractivity contribution >= 4 is 29.3 Å². The number of carbonyl (C=O) groups excluding carboxylic acids is 1. The number of rotatable bonds is 5. The fourth-order valence-corrected chi connectivity index (χ4v) is 4.83. The molecule has 0 radical (unpaired) electrons. The van der Waals surface area contributed by atoms with Gasteiger partial charge in [0, 0.05) is 54.4 Å². The monoisotopic (exact) mass is 477 g/mol. The fourth-order valence-electron chi connectivity index (χ4n) is 3.79. The van der Waals surface area contributed by atoms with Crippen molar-refractivity contribution in [1.82, 2.24) is 24.2 Å². The Hall–Kier alpha value is -3.36. The van der Waals surface area contributed by atoms with E-state index in [1.165, 1.54) is 22.9 Å². The number of aromatic nitrogens is 4. The Bertz CT molecular complexity index is 1380. The molecule has 166 valence electrons. The van der Waals surface area contributed by atoms with Crippen molar-refractivity contribution in [2.24, 2.45) is 0 Å². The Kier molecular flexibility index (Phi) is 5.78. The summed E-state index contributed by atoms with van der Waals surface area (Å²) in [5.41, 5.74) is 3.18. The molecule has 1 aliphatic rings. The van der Waals surface area contributed by atoms with Crippen LogP contribution in [0, 0.1) is 0 Å². The predicted molar refractivity (Wildman–Crippen MR) is 129 cm³/mol. The van der Waals surface area contributed by atoms with Gasteiger partial charge in [0.25, 0.3) is 11.5 Å². The van der Waals surface area contributed by atoms with Gasteiger partial charge in [-0.2, -0.15) is 5.10 Å². The Balaban J connectivity index is 1.49. The van der Waals surface area contributed by atoms with Gasteiger partial charge in [-0.05, 0) is 24.3 Å². The number of amides is 1. The molecule has 0 bridgehead atoms. The number of benzene rings is 2. The zero-order chi connectivity index (χ0) is 22.9. The van der Waals surface area contributed by atoms with E-state index in [1.54, 1.807) is 16.3 Å². The van der Waals surface area contributed by atoms with Crippen LogP contribution in [0.3, 0.4) is 0 Å². The van der Waals surface area contributed by atoms with E-state index < -0.39 is 0 Å². The van der Waals surface area contributed by atoms with Crippen molar-refractivity contribution in [3.8, 4) is 16.9 Å². The summed E-state index contributed by atoms with van der Waals surface area (Å²) in [4.78, 5) is 31.8. The van der Waals surface area contributed by atoms with Crippen LogP contribution in [0.5, 0.6) is 0 Å². The van der Waals surface area contributed by atoms with E-state index >= 15 is 0 Å². The molecule has 2 aromatic carbocycles. The van der Waals surface area contributed by atoms with Gasteiger partial charge in [0.15, 0.2) is 5.16 Å². The molecular weight excluding hydrogens is 458 g/mol. The van der Waals surface area contributed by atoms with Crippen LogP contribution in [0.4, 0.5) is 0 Å². The third kappa shape index (κ3) is 4.19. The maximum atomic E-state index is 13.2. The minimum atomic E-state index is -0.366. The number of para-hydroxylation sites is 1. The lowest BCUT2D eigenvalue weighted by Gasteiger charge is -2.17. The van der Waals surface area contributed by atoms with Crippen LogP contribution >= 0.6 is 23.4 Å². The van der Waals surface area contributed by atoms with Crippen LogP contribution in [0.1, 0.15) is 15.9 Å². The van der Waals surface area contributed by atoms with E-state index in [0.717, 1.165) is 28.3 Å². The lowest BCUT2D eigenvalue weighted by molar-refractivity contribution is 0.0782. The highest BCUT2D eigenvalue weighted by Gasteiger charge is 2.23. The van der Waals surface area contributed by atoms with E-state index in [-0.39, 0.29) is 23.6 Å². The van der Waals surface area contributed by atoms with Gasteiger partial charge in [-0.15, -0.1) is 0 Å². The summed E-state index contributed by atoms with van der Waals surface area (Å²) < 4.78 is 3.36. The molecule has 2 aromatic heterocycles. The lowest BCUT2D eigenvalue weighted by atomic mass is 10.1. The number of thioether (sulfide) groups is 1. The van der Waals surface area contributed by atoms with E-state index in [1.807, 2.05) is 60.8 Å². The van der Waals surface area contributed by atoms with Gasteiger partial charge in [-0.1, -0.05) is 53.7 Å². The quantitative estimate of drug-likeness (QED) is 0.404. The molecular formula is C24H20ClN5O2S. The summed E-state index contributed by atoms with van der Waals surface area (Å²) >= 11 is 7.59. The number of halogens is 1. The molecule has 3 heterocycles. The van der Waals surface area contributed by atoms with Crippen LogP contribution in [0.25, 0.3) is 16.9 Å². The molecule has 0 unspecified atom stereocenters. The Morgan fingerprint density at radius 2 is 1.91 bits per heavy atom. The van der Waals surface area contributed by atoms with Crippen LogP contribution in [0.15, 0.2) is 76.9 Å². The lowest BCUT2D eigenvalue weighted by Crippen LogP contribution is -2.34. The Morgan fingerprint density at radius 3 is 2.67 bits per heavy atom. The molecule has 4 aromatic rings. The average Bonchev–Trinajstić information content (AvgIpc) is 3.48. The molecule has 0 atom stereocenters. The molecule has 0 saturated heterocycles. The van der Waals surface area contributed by atoms with Crippen molar-refractivity contribution < 1.29 is 4.79 Å². The van der Waals surface area contributed by atoms with Crippen LogP contribution in [-0.4, -0.2) is 42.9 Å². The molecule has 0 aliphatic carbocycles. The van der Waals surface area contributed by atoms with Crippen molar-refractivity contribution in [3.05, 3.63) is 93.5 Å². The molecule has 0 saturated carbocycles. The molecule has 0 N–H and O–H groups in total. The van der Waals surface area contributed by atoms with E-state index in [2.05, 4.69) is 4.98 Å². The third-order valence-electron chi connectivity index (χ3n) is 5.47. The summed E-state index contributed by atoms with van der Waals surface area (Å²) in [7, 11) is 1.68. The van der Waals surface area contributed by atoms with Gasteiger partial charge < -0.3 is 4.90 Å². The topological polar surface area (TPSA) is 73.0 Å². The number of carbonyl (C=O) groups is 1. The van der Waals surface area contributed by atoms with Crippen molar-refractivity contribution in [2.45, 2.75) is 18.2 Å². The average molecular weight is 478 g/mol. The second-order valence-corrected chi connectivity index (χ2v) is 9.21. The van der Waals surface area contributed by atoms with Gasteiger partial charge in [0.1, 0.15) is 5.56 Å². The summed E-state index contributed by atoms with van der Waals surface area (Å²) in [6, 6.07) is 17.2. The van der Waals surface area contributed by atoms with Gasteiger partial charge >= 0.3 is 0 Å². The first-order chi connectivity index (χ1) is 16.0. The van der Waals surface area contributed by atoms with E-state index in [4.69, 9.17) is 16.7 Å². The molecule has 9 heteroatoms. The molecule has 7 nitrogen and oxygen atoms in total. The fraction of sp³-hybridized carbons (Fsp3) is 0.167. The second-order valence-electron chi connectivity index (χ2n) is 7.71. The first kappa shape index (κ1) is 21.5. The Labute approximate surface area is 199 Å². The molecule has 1 amide bonds. The highest BCUT2D eigenvalue weighted by atomic mass is 35.5. The predicted octanol–water partition coefficient (Wildman–Crippen LogP) is 4.13. The van der Waals surface area contributed by atoms with Crippen molar-refractivity contribution in [3.63, 3.8) is 0 Å². The van der Waals surface area contributed by atoms with Gasteiger partial charge in [0.2, 0.25) is 0 Å². The minimum absolute atomic E-state index is 0.0762. The normalized spacial score (nSPS) is 12.5. The van der Waals surface area contributed by atoms with Gasteiger partial charge in [-0.3, -0.25) is 14.2 Å². The van der Waals surface area contributed by atoms with Crippen molar-refractivity contribution in [2.75, 3.05) is 12.8 Å². The SMILES string of the molecule is CN(Cc1cn(-c2ccccc2)nc1-c1ccc(Cl)cc1)C(=O)c1cnc2n(c1=O)CCS2. The first-order valence-electron chi connectivity index (χ1n) is 10.4. The maximum absolute atomic E-state index is 13.2. The second kappa shape index (κ2) is 8.88. The highest BCUT2D eigenvalue weighted by molar-refractivity contribution is 7.99. The largest absolute Gasteiger partial charge is 0.337 e. The van der Waals surface area contributed by atoms with Crippen LogP contribution < -0.4 is 5.56 Å². The molecule has 33 heavy (non-hydrogen) atoms. The minimum Gasteiger partial charge on any atom is -0.337 e. The molecule has 0 spiro atoms. The third-order valence-corrected chi connectivity index (χ3v) is 6.69. The number of nitrogens with zero attached hydrogens (tertiary/aromatic N) is 5. The first-order valence-corrected chi connectivity index (χ1v) is 11.8.